The molecule has 2 aliphatic rings. The summed E-state index contributed by atoms with van der Waals surface area (Å²) in [6.07, 6.45) is 4.37. The minimum atomic E-state index is -0.225. The van der Waals surface area contributed by atoms with Gasteiger partial charge in [0.15, 0.2) is 11.6 Å². The third-order valence-electron chi connectivity index (χ3n) is 11.6. The highest BCUT2D eigenvalue weighted by Gasteiger charge is 2.41. The molecule has 0 amide bonds. The molecule has 0 saturated heterocycles. The van der Waals surface area contributed by atoms with Crippen LogP contribution in [0.2, 0.25) is 0 Å². The number of rotatable bonds is 5. The fourth-order valence-electron chi connectivity index (χ4n) is 9.05. The predicted molar refractivity (Wildman–Crippen MR) is 229 cm³/mol. The van der Waals surface area contributed by atoms with Crippen molar-refractivity contribution in [2.24, 2.45) is 0 Å². The molecule has 7 aromatic carbocycles. The van der Waals surface area contributed by atoms with Crippen LogP contribution in [0, 0.1) is 0 Å². The van der Waals surface area contributed by atoms with Gasteiger partial charge in [-0.05, 0) is 53.6 Å². The first kappa shape index (κ1) is 31.7. The molecule has 4 heterocycles. The number of benzene rings is 7. The average molecular weight is 732 g/mol. The van der Waals surface area contributed by atoms with Crippen LogP contribution in [0.3, 0.4) is 0 Å². The van der Waals surface area contributed by atoms with Gasteiger partial charge in [0.2, 0.25) is 5.95 Å². The molecule has 6 heteroatoms. The SMILES string of the molecule is C1=CC2c3cccc(-c4nc(-c5ccccc5)nc(-n5c6ccccc6c6ccccc65)n4)c3OC2c2c1n(-c1cccc(-c3ccccc3)c1)c1ccccc21. The molecule has 6 nitrogen and oxygen atoms in total. The molecule has 1 aliphatic carbocycles. The second-order valence-electron chi connectivity index (χ2n) is 14.7. The van der Waals surface area contributed by atoms with Crippen LogP contribution in [0.4, 0.5) is 0 Å². The smallest absolute Gasteiger partial charge is 0.238 e. The molecule has 0 spiro atoms. The van der Waals surface area contributed by atoms with Gasteiger partial charge in [0.1, 0.15) is 11.9 Å². The van der Waals surface area contributed by atoms with Gasteiger partial charge in [0.05, 0.1) is 27.8 Å². The first-order valence-corrected chi connectivity index (χ1v) is 19.4. The molecule has 0 N–H and O–H groups in total. The van der Waals surface area contributed by atoms with Crippen LogP contribution >= 0.6 is 0 Å². The van der Waals surface area contributed by atoms with E-state index in [9.17, 15) is 0 Å². The van der Waals surface area contributed by atoms with Crippen LogP contribution in [-0.4, -0.2) is 24.1 Å². The normalized spacial score (nSPS) is 15.4. The van der Waals surface area contributed by atoms with Crippen LogP contribution < -0.4 is 4.74 Å². The van der Waals surface area contributed by atoms with Crippen molar-refractivity contribution in [2.45, 2.75) is 12.0 Å². The summed E-state index contributed by atoms with van der Waals surface area (Å²) in [6, 6.07) is 61.4. The van der Waals surface area contributed by atoms with Crippen molar-refractivity contribution < 1.29 is 4.74 Å². The summed E-state index contributed by atoms with van der Waals surface area (Å²) in [7, 11) is 0. The van der Waals surface area contributed by atoms with Crippen molar-refractivity contribution in [1.29, 1.82) is 0 Å². The van der Waals surface area contributed by atoms with Crippen molar-refractivity contribution >= 4 is 38.8 Å². The van der Waals surface area contributed by atoms with E-state index >= 15 is 0 Å². The van der Waals surface area contributed by atoms with E-state index in [1.807, 2.05) is 30.3 Å². The molecule has 2 unspecified atom stereocenters. The standard InChI is InChI=1S/C51H33N5O/c1-3-15-32(16-4-1)34-19-13-20-35(31-34)55-44-28-12-9-23-40(44)46-45(55)30-29-39-38-24-14-25-41(47(38)57-48(39)46)50-52-49(33-17-5-2-6-18-33)53-51(54-50)56-42-26-10-7-21-36(42)37-22-8-11-27-43(37)56/h1-31,39,48H. The molecule has 0 bridgehead atoms. The number of aromatic nitrogens is 5. The van der Waals surface area contributed by atoms with Crippen LogP contribution in [0.1, 0.15) is 28.8 Å². The maximum atomic E-state index is 7.22. The van der Waals surface area contributed by atoms with Gasteiger partial charge in [0.25, 0.3) is 0 Å². The van der Waals surface area contributed by atoms with E-state index in [4.69, 9.17) is 19.7 Å². The summed E-state index contributed by atoms with van der Waals surface area (Å²) in [4.78, 5) is 15.6. The van der Waals surface area contributed by atoms with Crippen molar-refractivity contribution in [1.82, 2.24) is 24.1 Å². The van der Waals surface area contributed by atoms with E-state index in [-0.39, 0.29) is 12.0 Å². The van der Waals surface area contributed by atoms with Crippen LogP contribution in [0.25, 0.3) is 84.3 Å². The zero-order valence-corrected chi connectivity index (χ0v) is 30.7. The van der Waals surface area contributed by atoms with Crippen molar-refractivity contribution in [3.8, 4) is 51.3 Å². The fourth-order valence-corrected chi connectivity index (χ4v) is 9.05. The number of ether oxygens (including phenoxy) is 1. The molecule has 3 aromatic heterocycles. The predicted octanol–water partition coefficient (Wildman–Crippen LogP) is 12.2. The average Bonchev–Trinajstić information content (AvgIpc) is 3.95. The van der Waals surface area contributed by atoms with Crippen LogP contribution in [0.5, 0.6) is 5.75 Å². The topological polar surface area (TPSA) is 57.8 Å². The second kappa shape index (κ2) is 12.5. The molecule has 0 radical (unpaired) electrons. The summed E-state index contributed by atoms with van der Waals surface area (Å²) in [5.41, 5.74) is 11.9. The monoisotopic (exact) mass is 731 g/mol. The Morgan fingerprint density at radius 2 is 1.07 bits per heavy atom. The van der Waals surface area contributed by atoms with Crippen LogP contribution in [-0.2, 0) is 0 Å². The fraction of sp³-hybridized carbons (Fsp3) is 0.0392. The van der Waals surface area contributed by atoms with Gasteiger partial charge in [-0.15, -0.1) is 0 Å². The van der Waals surface area contributed by atoms with E-state index in [0.29, 0.717) is 17.6 Å². The summed E-state index contributed by atoms with van der Waals surface area (Å²) in [5, 5.41) is 3.49. The van der Waals surface area contributed by atoms with Gasteiger partial charge < -0.3 is 9.30 Å². The molecule has 2 atom stereocenters. The Labute approximate surface area is 328 Å². The second-order valence-corrected chi connectivity index (χ2v) is 14.7. The highest BCUT2D eigenvalue weighted by Crippen LogP contribution is 2.55. The molecular weight excluding hydrogens is 699 g/mol. The lowest BCUT2D eigenvalue weighted by molar-refractivity contribution is 0.225. The van der Waals surface area contributed by atoms with Gasteiger partial charge in [-0.3, -0.25) is 4.57 Å². The molecule has 57 heavy (non-hydrogen) atoms. The van der Waals surface area contributed by atoms with Crippen molar-refractivity contribution in [2.75, 3.05) is 0 Å². The van der Waals surface area contributed by atoms with Gasteiger partial charge in [0, 0.05) is 44.5 Å². The zero-order chi connectivity index (χ0) is 37.5. The zero-order valence-electron chi connectivity index (χ0n) is 30.7. The van der Waals surface area contributed by atoms with Crippen molar-refractivity contribution in [3.63, 3.8) is 0 Å². The minimum Gasteiger partial charge on any atom is -0.484 e. The minimum absolute atomic E-state index is 0.0228. The Kier molecular flexibility index (Phi) is 6.95. The number of hydrogen-bond donors (Lipinski definition) is 0. The number of hydrogen-bond acceptors (Lipinski definition) is 4. The Morgan fingerprint density at radius 3 is 1.81 bits per heavy atom. The third-order valence-corrected chi connectivity index (χ3v) is 11.6. The molecule has 0 fully saturated rings. The Balaban J connectivity index is 1.02. The molecule has 268 valence electrons. The lowest BCUT2D eigenvalue weighted by Gasteiger charge is -2.22. The van der Waals surface area contributed by atoms with E-state index < -0.39 is 0 Å². The maximum absolute atomic E-state index is 7.22. The van der Waals surface area contributed by atoms with E-state index in [2.05, 4.69) is 167 Å². The first-order valence-electron chi connectivity index (χ1n) is 19.4. The van der Waals surface area contributed by atoms with Gasteiger partial charge >= 0.3 is 0 Å². The Bertz CT molecular complexity index is 3180. The van der Waals surface area contributed by atoms with E-state index in [1.165, 1.54) is 22.1 Å². The summed E-state index contributed by atoms with van der Waals surface area (Å²) in [5.74, 6) is 2.57. The lowest BCUT2D eigenvalue weighted by Crippen LogP contribution is -2.13. The quantitative estimate of drug-likeness (QED) is 0.177. The van der Waals surface area contributed by atoms with Crippen LogP contribution in [0.15, 0.2) is 182 Å². The van der Waals surface area contributed by atoms with Gasteiger partial charge in [-0.25, -0.2) is 4.98 Å². The Morgan fingerprint density at radius 1 is 0.474 bits per heavy atom. The van der Waals surface area contributed by atoms with E-state index in [0.717, 1.165) is 61.1 Å². The highest BCUT2D eigenvalue weighted by molar-refractivity contribution is 6.09. The number of para-hydroxylation sites is 4. The van der Waals surface area contributed by atoms with Gasteiger partial charge in [-0.1, -0.05) is 146 Å². The van der Waals surface area contributed by atoms with E-state index in [1.54, 1.807) is 0 Å². The third kappa shape index (κ3) is 4.87. The molecule has 10 aromatic rings. The Hall–Kier alpha value is -7.57. The molecule has 12 rings (SSSR count). The summed E-state index contributed by atoms with van der Waals surface area (Å²) < 4.78 is 11.8. The molecule has 1 aliphatic heterocycles. The number of fused-ring (bicyclic) bond motifs is 10. The van der Waals surface area contributed by atoms with Gasteiger partial charge in [-0.2, -0.15) is 9.97 Å². The summed E-state index contributed by atoms with van der Waals surface area (Å²) in [6.45, 7) is 0. The molecule has 0 saturated carbocycles. The van der Waals surface area contributed by atoms with Crippen molar-refractivity contribution in [3.05, 3.63) is 199 Å². The maximum Gasteiger partial charge on any atom is 0.238 e. The largest absolute Gasteiger partial charge is 0.484 e. The summed E-state index contributed by atoms with van der Waals surface area (Å²) >= 11 is 0. The first-order chi connectivity index (χ1) is 28.3. The lowest BCUT2D eigenvalue weighted by atomic mass is 9.85. The molecular formula is C51H33N5O. The highest BCUT2D eigenvalue weighted by atomic mass is 16.5. The number of nitrogens with zero attached hydrogens (tertiary/aromatic N) is 5.